The van der Waals surface area contributed by atoms with Crippen LogP contribution >= 0.6 is 15.9 Å². The Morgan fingerprint density at radius 3 is 2.46 bits per heavy atom. The molecule has 192 valence electrons. The summed E-state index contributed by atoms with van der Waals surface area (Å²) in [7, 11) is 0. The van der Waals surface area contributed by atoms with Crippen molar-refractivity contribution in [2.75, 3.05) is 11.9 Å². The smallest absolute Gasteiger partial charge is 0.314 e. The minimum atomic E-state index is -0.412. The number of urea groups is 1. The monoisotopic (exact) mass is 560 g/mol. The van der Waals surface area contributed by atoms with Crippen LogP contribution in [0.25, 0.3) is 16.6 Å². The highest BCUT2D eigenvalue weighted by molar-refractivity contribution is 9.10. The molecule has 6 nitrogen and oxygen atoms in total. The molecule has 3 aromatic carbocycles. The molecule has 4 rings (SSSR count). The number of para-hydroxylation sites is 1. The number of nitrogens with zero attached hydrogens (tertiary/aromatic N) is 3. The van der Waals surface area contributed by atoms with Crippen LogP contribution in [0.15, 0.2) is 82.1 Å². The molecule has 1 N–H and O–H groups in total. The second-order valence-electron chi connectivity index (χ2n) is 9.70. The summed E-state index contributed by atoms with van der Waals surface area (Å²) in [4.78, 5) is 34.4. The maximum atomic E-state index is 13.8. The van der Waals surface area contributed by atoms with Gasteiger partial charge in [0.05, 0.1) is 22.6 Å². The van der Waals surface area contributed by atoms with Crippen LogP contribution in [0.5, 0.6) is 0 Å². The lowest BCUT2D eigenvalue weighted by Gasteiger charge is -2.33. The van der Waals surface area contributed by atoms with Gasteiger partial charge < -0.3 is 10.2 Å². The fraction of sp³-hybridized carbons (Fsp3) is 0.300. The first-order chi connectivity index (χ1) is 17.8. The van der Waals surface area contributed by atoms with E-state index in [1.807, 2.05) is 85.5 Å². The van der Waals surface area contributed by atoms with E-state index in [-0.39, 0.29) is 11.6 Å². The number of aryl methyl sites for hydroxylation is 1. The third kappa shape index (κ3) is 6.10. The molecular formula is C30H33BrN4O2. The zero-order valence-electron chi connectivity index (χ0n) is 21.7. The van der Waals surface area contributed by atoms with Crippen LogP contribution in [0.4, 0.5) is 10.5 Å². The number of rotatable bonds is 8. The van der Waals surface area contributed by atoms with E-state index in [4.69, 9.17) is 4.98 Å². The van der Waals surface area contributed by atoms with Gasteiger partial charge in [-0.2, -0.15) is 0 Å². The normalized spacial score (nSPS) is 12.1. The second kappa shape index (κ2) is 11.7. The van der Waals surface area contributed by atoms with Crippen LogP contribution in [0, 0.1) is 12.8 Å². The summed E-state index contributed by atoms with van der Waals surface area (Å²) in [6.07, 6.45) is 1.42. The van der Waals surface area contributed by atoms with Crippen LogP contribution in [0.3, 0.4) is 0 Å². The topological polar surface area (TPSA) is 67.2 Å². The van der Waals surface area contributed by atoms with Crippen LogP contribution in [-0.4, -0.2) is 27.0 Å². The average Bonchev–Trinajstić information content (AvgIpc) is 2.87. The van der Waals surface area contributed by atoms with Gasteiger partial charge in [0.25, 0.3) is 5.56 Å². The van der Waals surface area contributed by atoms with Gasteiger partial charge in [0.15, 0.2) is 0 Å². The maximum Gasteiger partial charge on any atom is 0.322 e. The van der Waals surface area contributed by atoms with Gasteiger partial charge in [-0.05, 0) is 68.1 Å². The lowest BCUT2D eigenvalue weighted by atomic mass is 10.1. The van der Waals surface area contributed by atoms with E-state index in [2.05, 4.69) is 35.1 Å². The summed E-state index contributed by atoms with van der Waals surface area (Å²) < 4.78 is 2.56. The summed E-state index contributed by atoms with van der Waals surface area (Å²) in [6, 6.07) is 22.1. The number of fused-ring (bicyclic) bond motifs is 1. The van der Waals surface area contributed by atoms with Crippen molar-refractivity contribution >= 4 is 38.6 Å². The van der Waals surface area contributed by atoms with Crippen molar-refractivity contribution in [3.63, 3.8) is 0 Å². The van der Waals surface area contributed by atoms with Gasteiger partial charge in [-0.1, -0.05) is 72.6 Å². The third-order valence-corrected chi connectivity index (χ3v) is 6.93. The van der Waals surface area contributed by atoms with E-state index in [1.54, 1.807) is 10.6 Å². The molecule has 1 aromatic heterocycles. The van der Waals surface area contributed by atoms with Gasteiger partial charge in [-0.15, -0.1) is 0 Å². The molecule has 0 aliphatic heterocycles. The number of halogens is 1. The predicted molar refractivity (Wildman–Crippen MR) is 154 cm³/mol. The molecule has 0 radical (unpaired) electrons. The Kier molecular flexibility index (Phi) is 8.44. The third-order valence-electron chi connectivity index (χ3n) is 6.44. The molecule has 7 heteroatoms. The Hall–Kier alpha value is -3.45. The Morgan fingerprint density at radius 1 is 1.05 bits per heavy atom. The summed E-state index contributed by atoms with van der Waals surface area (Å²) in [6.45, 7) is 8.86. The molecular weight excluding hydrogens is 528 g/mol. The zero-order chi connectivity index (χ0) is 26.5. The lowest BCUT2D eigenvalue weighted by Crippen LogP contribution is -2.41. The first-order valence-electron chi connectivity index (χ1n) is 12.7. The molecule has 0 aliphatic rings. The summed E-state index contributed by atoms with van der Waals surface area (Å²) in [5, 5.41) is 3.60. The van der Waals surface area contributed by atoms with Crippen LogP contribution in [-0.2, 0) is 0 Å². The fourth-order valence-corrected chi connectivity index (χ4v) is 4.82. The van der Waals surface area contributed by atoms with E-state index in [0.717, 1.165) is 22.1 Å². The van der Waals surface area contributed by atoms with E-state index >= 15 is 0 Å². The van der Waals surface area contributed by atoms with Crippen molar-refractivity contribution in [2.24, 2.45) is 5.92 Å². The number of benzene rings is 3. The molecule has 0 saturated carbocycles. The molecule has 4 aromatic rings. The van der Waals surface area contributed by atoms with Crippen molar-refractivity contribution in [3.05, 3.63) is 99.0 Å². The van der Waals surface area contributed by atoms with Crippen molar-refractivity contribution in [1.82, 2.24) is 14.5 Å². The first-order valence-corrected chi connectivity index (χ1v) is 13.5. The van der Waals surface area contributed by atoms with E-state index in [9.17, 15) is 9.59 Å². The highest BCUT2D eigenvalue weighted by Crippen LogP contribution is 2.28. The molecule has 0 aliphatic carbocycles. The number of aromatic nitrogens is 2. The molecule has 0 spiro atoms. The van der Waals surface area contributed by atoms with Gasteiger partial charge >= 0.3 is 6.03 Å². The van der Waals surface area contributed by atoms with E-state index in [1.165, 1.54) is 0 Å². The number of anilines is 1. The van der Waals surface area contributed by atoms with E-state index in [0.29, 0.717) is 41.3 Å². The minimum Gasteiger partial charge on any atom is -0.314 e. The second-order valence-corrected chi connectivity index (χ2v) is 10.6. The van der Waals surface area contributed by atoms with Gasteiger partial charge in [0.1, 0.15) is 5.82 Å². The van der Waals surface area contributed by atoms with Gasteiger partial charge in [0, 0.05) is 16.7 Å². The quantitative estimate of drug-likeness (QED) is 0.242. The van der Waals surface area contributed by atoms with E-state index < -0.39 is 6.04 Å². The predicted octanol–water partition coefficient (Wildman–Crippen LogP) is 7.49. The van der Waals surface area contributed by atoms with Gasteiger partial charge in [-0.25, -0.2) is 9.78 Å². The Balaban J connectivity index is 1.86. The molecule has 0 fully saturated rings. The number of hydrogen-bond donors (Lipinski definition) is 1. The highest BCUT2D eigenvalue weighted by atomic mass is 79.9. The van der Waals surface area contributed by atoms with Crippen LogP contribution in [0.1, 0.15) is 51.0 Å². The molecule has 1 heterocycles. The first kappa shape index (κ1) is 26.6. The Morgan fingerprint density at radius 2 is 1.78 bits per heavy atom. The zero-order valence-corrected chi connectivity index (χ0v) is 23.3. The van der Waals surface area contributed by atoms with Crippen LogP contribution in [0.2, 0.25) is 0 Å². The lowest BCUT2D eigenvalue weighted by molar-refractivity contribution is 0.176. The number of hydrogen-bond acceptors (Lipinski definition) is 3. The Bertz CT molecular complexity index is 1450. The van der Waals surface area contributed by atoms with Crippen molar-refractivity contribution in [2.45, 2.75) is 46.6 Å². The molecule has 0 saturated heterocycles. The SMILES string of the molecule is CCC(c1nc2ccccc2c(=O)n1-c1ccc(C)cc1)N(CCC(C)C)C(=O)Nc1cccc(Br)c1. The summed E-state index contributed by atoms with van der Waals surface area (Å²) in [5.41, 5.74) is 3.02. The molecule has 0 bridgehead atoms. The summed E-state index contributed by atoms with van der Waals surface area (Å²) in [5.74, 6) is 0.964. The standard InChI is InChI=1S/C30H33BrN4O2/c1-5-27(34(18-17-20(2)3)30(37)32-23-10-8-9-22(31)19-23)28-33-26-12-7-6-11-25(26)29(36)35(28)24-15-13-21(4)14-16-24/h6-16,19-20,27H,5,17-18H2,1-4H3,(H,32,37). The molecule has 2 amide bonds. The number of carbonyl (C=O) groups excluding carboxylic acids is 1. The molecule has 1 unspecified atom stereocenters. The highest BCUT2D eigenvalue weighted by Gasteiger charge is 2.29. The maximum absolute atomic E-state index is 13.8. The average molecular weight is 562 g/mol. The van der Waals surface area contributed by atoms with Crippen molar-refractivity contribution < 1.29 is 4.79 Å². The van der Waals surface area contributed by atoms with Crippen molar-refractivity contribution in [3.8, 4) is 5.69 Å². The number of carbonyl (C=O) groups is 1. The fourth-order valence-electron chi connectivity index (χ4n) is 4.42. The molecule has 37 heavy (non-hydrogen) atoms. The number of nitrogens with one attached hydrogen (secondary N) is 1. The Labute approximate surface area is 226 Å². The van der Waals surface area contributed by atoms with Crippen LogP contribution < -0.4 is 10.9 Å². The van der Waals surface area contributed by atoms with Crippen molar-refractivity contribution in [1.29, 1.82) is 0 Å². The summed E-state index contributed by atoms with van der Waals surface area (Å²) >= 11 is 3.48. The van der Waals surface area contributed by atoms with Gasteiger partial charge in [0.2, 0.25) is 0 Å². The largest absolute Gasteiger partial charge is 0.322 e. The minimum absolute atomic E-state index is 0.140. The number of amides is 2. The van der Waals surface area contributed by atoms with Gasteiger partial charge in [-0.3, -0.25) is 9.36 Å². The molecule has 1 atom stereocenters.